The fourth-order valence-electron chi connectivity index (χ4n) is 2.23. The minimum Gasteiger partial charge on any atom is -0.397 e. The molecule has 0 unspecified atom stereocenters. The number of aliphatic hydroxyl groups excluding tert-OH is 1. The number of amides is 1. The Kier molecular flexibility index (Phi) is 3.72. The lowest BCUT2D eigenvalue weighted by atomic mass is 10.1. The molecule has 0 radical (unpaired) electrons. The Morgan fingerprint density at radius 3 is 2.95 bits per heavy atom. The summed E-state index contributed by atoms with van der Waals surface area (Å²) in [6, 6.07) is 7.79. The average molecular weight is 301 g/mol. The lowest BCUT2D eigenvalue weighted by Gasteiger charge is -2.02. The Balaban J connectivity index is 2.06. The summed E-state index contributed by atoms with van der Waals surface area (Å²) in [5.41, 5.74) is 7.45. The van der Waals surface area contributed by atoms with Gasteiger partial charge in [-0.3, -0.25) is 9.78 Å². The maximum atomic E-state index is 12.2. The van der Waals surface area contributed by atoms with Gasteiger partial charge in [0.1, 0.15) is 4.88 Å². The van der Waals surface area contributed by atoms with Crippen molar-refractivity contribution in [2.45, 2.75) is 6.42 Å². The van der Waals surface area contributed by atoms with Crippen LogP contribution < -0.4 is 11.1 Å². The highest BCUT2D eigenvalue weighted by molar-refractivity contribution is 7.22. The highest BCUT2D eigenvalue weighted by Crippen LogP contribution is 2.37. The van der Waals surface area contributed by atoms with Crippen LogP contribution in [-0.2, 0) is 0 Å². The molecule has 2 aromatic heterocycles. The largest absolute Gasteiger partial charge is 0.397 e. The number of para-hydroxylation sites is 1. The van der Waals surface area contributed by atoms with Gasteiger partial charge in [-0.15, -0.1) is 11.3 Å². The molecule has 3 rings (SSSR count). The molecule has 4 N–H and O–H groups in total. The summed E-state index contributed by atoms with van der Waals surface area (Å²) in [5.74, 6) is -0.203. The molecule has 0 spiro atoms. The molecule has 0 aliphatic heterocycles. The first-order valence-electron chi connectivity index (χ1n) is 6.67. The summed E-state index contributed by atoms with van der Waals surface area (Å²) >= 11 is 1.38. The quantitative estimate of drug-likeness (QED) is 0.644. The number of hydrogen-bond acceptors (Lipinski definition) is 5. The second-order valence-electron chi connectivity index (χ2n) is 4.70. The minimum atomic E-state index is -0.203. The molecule has 1 amide bonds. The molecule has 1 aromatic carbocycles. The summed E-state index contributed by atoms with van der Waals surface area (Å²) in [5, 5.41) is 13.3. The number of hydrogen-bond donors (Lipinski definition) is 3. The molecule has 0 aliphatic rings. The predicted octanol–water partition coefficient (Wildman–Crippen LogP) is 2.14. The van der Waals surface area contributed by atoms with E-state index >= 15 is 0 Å². The number of anilines is 1. The van der Waals surface area contributed by atoms with Crippen LogP contribution in [0.4, 0.5) is 5.69 Å². The monoisotopic (exact) mass is 301 g/mol. The van der Waals surface area contributed by atoms with Crippen LogP contribution in [0.1, 0.15) is 16.1 Å². The van der Waals surface area contributed by atoms with E-state index in [9.17, 15) is 4.79 Å². The fourth-order valence-corrected chi connectivity index (χ4v) is 3.37. The Morgan fingerprint density at radius 2 is 2.14 bits per heavy atom. The third-order valence-corrected chi connectivity index (χ3v) is 4.55. The van der Waals surface area contributed by atoms with Crippen LogP contribution in [0.3, 0.4) is 0 Å². The number of carbonyl (C=O) groups excluding carboxylic acids is 1. The van der Waals surface area contributed by atoms with Crippen LogP contribution >= 0.6 is 11.3 Å². The van der Waals surface area contributed by atoms with Gasteiger partial charge >= 0.3 is 0 Å². The summed E-state index contributed by atoms with van der Waals surface area (Å²) < 4.78 is 0.977. The van der Waals surface area contributed by atoms with Crippen molar-refractivity contribution >= 4 is 43.9 Å². The van der Waals surface area contributed by atoms with E-state index in [4.69, 9.17) is 10.8 Å². The number of nitrogens with zero attached hydrogens (tertiary/aromatic N) is 1. The zero-order valence-electron chi connectivity index (χ0n) is 11.3. The topological polar surface area (TPSA) is 88.2 Å². The zero-order valence-corrected chi connectivity index (χ0v) is 12.1. The molecule has 0 saturated carbocycles. The van der Waals surface area contributed by atoms with Crippen molar-refractivity contribution in [1.82, 2.24) is 10.3 Å². The number of nitrogens with two attached hydrogens (primary N) is 1. The number of rotatable bonds is 4. The van der Waals surface area contributed by atoms with Crippen LogP contribution in [-0.4, -0.2) is 29.1 Å². The smallest absolute Gasteiger partial charge is 0.263 e. The number of carbonyl (C=O) groups is 1. The lowest BCUT2D eigenvalue weighted by Crippen LogP contribution is -2.24. The molecule has 0 aliphatic carbocycles. The van der Waals surface area contributed by atoms with Crippen molar-refractivity contribution in [3.05, 3.63) is 35.3 Å². The molecular weight excluding hydrogens is 286 g/mol. The number of benzene rings is 1. The number of aromatic nitrogens is 1. The highest BCUT2D eigenvalue weighted by Gasteiger charge is 2.17. The van der Waals surface area contributed by atoms with Crippen LogP contribution in [0.15, 0.2) is 30.5 Å². The summed E-state index contributed by atoms with van der Waals surface area (Å²) in [6.07, 6.45) is 2.25. The van der Waals surface area contributed by atoms with Crippen molar-refractivity contribution in [3.8, 4) is 0 Å². The van der Waals surface area contributed by atoms with Gasteiger partial charge in [-0.1, -0.05) is 18.2 Å². The Hall–Kier alpha value is -2.18. The van der Waals surface area contributed by atoms with E-state index in [2.05, 4.69) is 10.3 Å². The van der Waals surface area contributed by atoms with Crippen molar-refractivity contribution < 1.29 is 9.90 Å². The number of pyridine rings is 1. The van der Waals surface area contributed by atoms with E-state index in [-0.39, 0.29) is 12.5 Å². The summed E-state index contributed by atoms with van der Waals surface area (Å²) in [7, 11) is 0. The predicted molar refractivity (Wildman–Crippen MR) is 85.6 cm³/mol. The van der Waals surface area contributed by atoms with Crippen molar-refractivity contribution in [3.63, 3.8) is 0 Å². The number of nitrogens with one attached hydrogen (secondary N) is 1. The number of fused-ring (bicyclic) bond motifs is 3. The van der Waals surface area contributed by atoms with Gasteiger partial charge in [-0.05, 0) is 12.5 Å². The van der Waals surface area contributed by atoms with Gasteiger partial charge < -0.3 is 16.2 Å². The molecule has 3 aromatic rings. The fraction of sp³-hybridized carbons (Fsp3) is 0.200. The Labute approximate surface area is 125 Å². The maximum Gasteiger partial charge on any atom is 0.263 e. The Morgan fingerprint density at radius 1 is 1.33 bits per heavy atom. The third-order valence-electron chi connectivity index (χ3n) is 3.29. The van der Waals surface area contributed by atoms with Gasteiger partial charge in [0.25, 0.3) is 5.91 Å². The van der Waals surface area contributed by atoms with Crippen LogP contribution in [0, 0.1) is 0 Å². The molecule has 5 nitrogen and oxygen atoms in total. The Bertz CT molecular complexity index is 813. The molecular formula is C15H15N3O2S. The van der Waals surface area contributed by atoms with E-state index in [1.165, 1.54) is 11.3 Å². The minimum absolute atomic E-state index is 0.0523. The van der Waals surface area contributed by atoms with Crippen LogP contribution in [0.25, 0.3) is 21.0 Å². The van der Waals surface area contributed by atoms with E-state index in [0.717, 1.165) is 21.0 Å². The van der Waals surface area contributed by atoms with E-state index in [1.807, 2.05) is 24.3 Å². The summed E-state index contributed by atoms with van der Waals surface area (Å²) in [4.78, 5) is 17.0. The number of thiophene rings is 1. The lowest BCUT2D eigenvalue weighted by molar-refractivity contribution is 0.0956. The maximum absolute atomic E-state index is 12.2. The van der Waals surface area contributed by atoms with E-state index in [0.29, 0.717) is 23.5 Å². The number of nitrogen functional groups attached to an aromatic ring is 1. The summed E-state index contributed by atoms with van der Waals surface area (Å²) in [6.45, 7) is 0.485. The standard InChI is InChI=1S/C15H15N3O2S/c16-12-10-8-18-11-5-2-1-4-9(11)13(10)21-14(12)15(20)17-6-3-7-19/h1-2,4-5,8,19H,3,6-7,16H2,(H,17,20). The van der Waals surface area contributed by atoms with Gasteiger partial charge in [0.15, 0.2) is 0 Å². The molecule has 0 saturated heterocycles. The molecule has 2 heterocycles. The zero-order chi connectivity index (χ0) is 14.8. The SMILES string of the molecule is Nc1c(C(=O)NCCCO)sc2c1cnc1ccccc12. The van der Waals surface area contributed by atoms with E-state index < -0.39 is 0 Å². The van der Waals surface area contributed by atoms with Gasteiger partial charge in [0.2, 0.25) is 0 Å². The van der Waals surface area contributed by atoms with Gasteiger partial charge in [0, 0.05) is 34.8 Å². The van der Waals surface area contributed by atoms with Crippen molar-refractivity contribution in [1.29, 1.82) is 0 Å². The number of aliphatic hydroxyl groups is 1. The molecule has 0 fully saturated rings. The van der Waals surface area contributed by atoms with Crippen LogP contribution in [0.2, 0.25) is 0 Å². The first kappa shape index (κ1) is 13.8. The first-order valence-corrected chi connectivity index (χ1v) is 7.49. The van der Waals surface area contributed by atoms with Gasteiger partial charge in [-0.2, -0.15) is 0 Å². The van der Waals surface area contributed by atoms with Gasteiger partial charge in [0.05, 0.1) is 11.2 Å². The second kappa shape index (κ2) is 5.67. The second-order valence-corrected chi connectivity index (χ2v) is 5.72. The first-order chi connectivity index (χ1) is 10.2. The van der Waals surface area contributed by atoms with Gasteiger partial charge in [-0.25, -0.2) is 0 Å². The molecule has 108 valence electrons. The molecule has 0 atom stereocenters. The van der Waals surface area contributed by atoms with Crippen LogP contribution in [0.5, 0.6) is 0 Å². The highest BCUT2D eigenvalue weighted by atomic mass is 32.1. The van der Waals surface area contributed by atoms with E-state index in [1.54, 1.807) is 6.20 Å². The molecule has 21 heavy (non-hydrogen) atoms. The molecule has 0 bridgehead atoms. The van der Waals surface area contributed by atoms with Crippen molar-refractivity contribution in [2.75, 3.05) is 18.9 Å². The van der Waals surface area contributed by atoms with Crippen molar-refractivity contribution in [2.24, 2.45) is 0 Å². The third kappa shape index (κ3) is 2.43. The average Bonchev–Trinajstić information content (AvgIpc) is 2.85. The molecule has 6 heteroatoms. The normalized spacial score (nSPS) is 11.1.